The number of hydrogen-bond donors (Lipinski definition) is 2. The van der Waals surface area contributed by atoms with E-state index in [1.807, 2.05) is 32.0 Å². The minimum Gasteiger partial charge on any atom is -0.322 e. The zero-order valence-corrected chi connectivity index (χ0v) is 16.8. The summed E-state index contributed by atoms with van der Waals surface area (Å²) in [7, 11) is -3.68. The third kappa shape index (κ3) is 4.23. The minimum absolute atomic E-state index is 0.186. The van der Waals surface area contributed by atoms with E-state index >= 15 is 0 Å². The maximum atomic E-state index is 12.6. The van der Waals surface area contributed by atoms with Gasteiger partial charge in [-0.05, 0) is 67.8 Å². The predicted molar refractivity (Wildman–Crippen MR) is 112 cm³/mol. The SMILES string of the molecule is Cc1cc(C(=O)Nc2c(C)cccc2C)ccc1NS(=O)(=O)c1ccccc1. The van der Waals surface area contributed by atoms with Gasteiger partial charge in [0.05, 0.1) is 10.6 Å². The average molecular weight is 394 g/mol. The number of para-hydroxylation sites is 1. The number of rotatable bonds is 5. The van der Waals surface area contributed by atoms with Crippen molar-refractivity contribution < 1.29 is 13.2 Å². The van der Waals surface area contributed by atoms with Gasteiger partial charge in [-0.2, -0.15) is 0 Å². The van der Waals surface area contributed by atoms with Gasteiger partial charge in [-0.15, -0.1) is 0 Å². The summed E-state index contributed by atoms with van der Waals surface area (Å²) < 4.78 is 27.6. The molecule has 2 N–H and O–H groups in total. The number of aryl methyl sites for hydroxylation is 3. The van der Waals surface area contributed by atoms with E-state index in [2.05, 4.69) is 10.0 Å². The lowest BCUT2D eigenvalue weighted by atomic mass is 10.1. The van der Waals surface area contributed by atoms with Crippen molar-refractivity contribution in [2.24, 2.45) is 0 Å². The van der Waals surface area contributed by atoms with Crippen molar-refractivity contribution in [1.82, 2.24) is 0 Å². The molecule has 144 valence electrons. The number of sulfonamides is 1. The van der Waals surface area contributed by atoms with Gasteiger partial charge in [-0.3, -0.25) is 9.52 Å². The monoisotopic (exact) mass is 394 g/mol. The highest BCUT2D eigenvalue weighted by Crippen LogP contribution is 2.23. The molecule has 0 saturated carbocycles. The molecule has 0 spiro atoms. The molecule has 0 heterocycles. The Bertz CT molecular complexity index is 1100. The molecule has 1 amide bonds. The van der Waals surface area contributed by atoms with Gasteiger partial charge >= 0.3 is 0 Å². The van der Waals surface area contributed by atoms with Crippen molar-refractivity contribution in [3.8, 4) is 0 Å². The molecule has 0 aliphatic rings. The Kier molecular flexibility index (Phi) is 5.51. The number of benzene rings is 3. The lowest BCUT2D eigenvalue weighted by Crippen LogP contribution is -2.16. The van der Waals surface area contributed by atoms with Gasteiger partial charge in [0, 0.05) is 11.3 Å². The van der Waals surface area contributed by atoms with Gasteiger partial charge in [0.25, 0.3) is 15.9 Å². The minimum atomic E-state index is -3.68. The van der Waals surface area contributed by atoms with Crippen LogP contribution in [0.4, 0.5) is 11.4 Å². The Morgan fingerprint density at radius 2 is 1.43 bits per heavy atom. The maximum Gasteiger partial charge on any atom is 0.261 e. The van der Waals surface area contributed by atoms with Crippen molar-refractivity contribution >= 4 is 27.3 Å². The van der Waals surface area contributed by atoms with E-state index in [1.54, 1.807) is 43.3 Å². The van der Waals surface area contributed by atoms with Crippen molar-refractivity contribution in [3.63, 3.8) is 0 Å². The second-order valence-corrected chi connectivity index (χ2v) is 8.35. The molecule has 0 bridgehead atoms. The average Bonchev–Trinajstić information content (AvgIpc) is 2.67. The van der Waals surface area contributed by atoms with Crippen molar-refractivity contribution in [2.75, 3.05) is 10.0 Å². The summed E-state index contributed by atoms with van der Waals surface area (Å²) in [6.45, 7) is 5.64. The summed E-state index contributed by atoms with van der Waals surface area (Å²) in [5.74, 6) is -0.238. The Morgan fingerprint density at radius 3 is 2.04 bits per heavy atom. The number of amides is 1. The first-order chi connectivity index (χ1) is 13.3. The highest BCUT2D eigenvalue weighted by atomic mass is 32.2. The fourth-order valence-corrected chi connectivity index (χ4v) is 4.07. The number of nitrogens with one attached hydrogen (secondary N) is 2. The first kappa shape index (κ1) is 19.6. The molecule has 0 atom stereocenters. The fraction of sp³-hybridized carbons (Fsp3) is 0.136. The second kappa shape index (κ2) is 7.86. The van der Waals surface area contributed by atoms with Gasteiger partial charge in [0.2, 0.25) is 0 Å². The molecule has 3 rings (SSSR count). The molecule has 0 saturated heterocycles. The topological polar surface area (TPSA) is 75.3 Å². The van der Waals surface area contributed by atoms with Crippen LogP contribution in [0.2, 0.25) is 0 Å². The first-order valence-corrected chi connectivity index (χ1v) is 10.3. The van der Waals surface area contributed by atoms with E-state index in [9.17, 15) is 13.2 Å². The first-order valence-electron chi connectivity index (χ1n) is 8.84. The fourth-order valence-electron chi connectivity index (χ4n) is 2.92. The van der Waals surface area contributed by atoms with Gasteiger partial charge < -0.3 is 5.32 Å². The smallest absolute Gasteiger partial charge is 0.261 e. The van der Waals surface area contributed by atoms with Crippen LogP contribution < -0.4 is 10.0 Å². The molecule has 0 aliphatic carbocycles. The Hall–Kier alpha value is -3.12. The van der Waals surface area contributed by atoms with Crippen molar-refractivity contribution in [3.05, 3.63) is 89.0 Å². The normalized spacial score (nSPS) is 11.1. The molecular formula is C22H22N2O3S. The van der Waals surface area contributed by atoms with Crippen LogP contribution in [0, 0.1) is 20.8 Å². The number of anilines is 2. The van der Waals surface area contributed by atoms with Crippen molar-refractivity contribution in [1.29, 1.82) is 0 Å². The van der Waals surface area contributed by atoms with Crippen LogP contribution in [0.15, 0.2) is 71.6 Å². The third-order valence-corrected chi connectivity index (χ3v) is 5.89. The van der Waals surface area contributed by atoms with Gasteiger partial charge in [-0.25, -0.2) is 8.42 Å². The Morgan fingerprint density at radius 1 is 0.786 bits per heavy atom. The molecule has 0 radical (unpaired) electrons. The zero-order valence-electron chi connectivity index (χ0n) is 16.0. The number of carbonyl (C=O) groups excluding carboxylic acids is 1. The lowest BCUT2D eigenvalue weighted by molar-refractivity contribution is 0.102. The molecule has 5 nitrogen and oxygen atoms in total. The van der Waals surface area contributed by atoms with Crippen LogP contribution in [0.3, 0.4) is 0 Å². The van der Waals surface area contributed by atoms with E-state index in [-0.39, 0.29) is 10.8 Å². The molecular weight excluding hydrogens is 372 g/mol. The van der Waals surface area contributed by atoms with Gasteiger partial charge in [0.1, 0.15) is 0 Å². The van der Waals surface area contributed by atoms with Crippen molar-refractivity contribution in [2.45, 2.75) is 25.7 Å². The lowest BCUT2D eigenvalue weighted by Gasteiger charge is -2.14. The highest BCUT2D eigenvalue weighted by molar-refractivity contribution is 7.92. The molecule has 3 aromatic carbocycles. The van der Waals surface area contributed by atoms with E-state index in [4.69, 9.17) is 0 Å². The molecule has 0 aromatic heterocycles. The summed E-state index contributed by atoms with van der Waals surface area (Å²) >= 11 is 0. The molecule has 0 aliphatic heterocycles. The van der Waals surface area contributed by atoms with Crippen LogP contribution in [0.1, 0.15) is 27.0 Å². The summed E-state index contributed by atoms with van der Waals surface area (Å²) in [6, 6.07) is 18.9. The molecule has 6 heteroatoms. The summed E-state index contributed by atoms with van der Waals surface area (Å²) in [4.78, 5) is 12.8. The van der Waals surface area contributed by atoms with Crippen LogP contribution in [-0.2, 0) is 10.0 Å². The maximum absolute atomic E-state index is 12.6. The zero-order chi connectivity index (χ0) is 20.3. The summed E-state index contributed by atoms with van der Waals surface area (Å²) in [5, 5.41) is 2.94. The van der Waals surface area contributed by atoms with E-state index < -0.39 is 10.0 Å². The van der Waals surface area contributed by atoms with Gasteiger partial charge in [-0.1, -0.05) is 36.4 Å². The Labute approximate surface area is 165 Å². The molecule has 3 aromatic rings. The second-order valence-electron chi connectivity index (χ2n) is 6.67. The largest absolute Gasteiger partial charge is 0.322 e. The Balaban J connectivity index is 1.82. The molecule has 0 unspecified atom stereocenters. The van der Waals surface area contributed by atoms with Crippen LogP contribution in [0.25, 0.3) is 0 Å². The summed E-state index contributed by atoms with van der Waals surface area (Å²) in [5.41, 5.74) is 4.32. The van der Waals surface area contributed by atoms with Crippen LogP contribution in [-0.4, -0.2) is 14.3 Å². The van der Waals surface area contributed by atoms with E-state index in [0.29, 0.717) is 16.8 Å². The third-order valence-electron chi connectivity index (χ3n) is 4.51. The molecule has 0 fully saturated rings. The van der Waals surface area contributed by atoms with E-state index in [1.165, 1.54) is 12.1 Å². The van der Waals surface area contributed by atoms with Crippen LogP contribution >= 0.6 is 0 Å². The highest BCUT2D eigenvalue weighted by Gasteiger charge is 2.16. The quantitative estimate of drug-likeness (QED) is 0.661. The van der Waals surface area contributed by atoms with E-state index in [0.717, 1.165) is 16.8 Å². The molecule has 28 heavy (non-hydrogen) atoms. The number of hydrogen-bond acceptors (Lipinski definition) is 3. The van der Waals surface area contributed by atoms with Gasteiger partial charge in [0.15, 0.2) is 0 Å². The number of carbonyl (C=O) groups is 1. The summed E-state index contributed by atoms with van der Waals surface area (Å²) in [6.07, 6.45) is 0. The predicted octanol–water partition coefficient (Wildman–Crippen LogP) is 4.66. The standard InChI is InChI=1S/C22H22N2O3S/c1-15-8-7-9-16(2)21(15)23-22(25)18-12-13-20(17(3)14-18)24-28(26,27)19-10-5-4-6-11-19/h4-14,24H,1-3H3,(H,23,25). The van der Waals surface area contributed by atoms with Crippen LogP contribution in [0.5, 0.6) is 0 Å².